The molecule has 1 heterocycles. The number of hydrogen-bond acceptors (Lipinski definition) is 4. The third kappa shape index (κ3) is 4.20. The molecule has 112 valence electrons. The Hall–Kier alpha value is -2.07. The van der Waals surface area contributed by atoms with E-state index in [2.05, 4.69) is 35.6 Å². The average molecular weight is 287 g/mol. The van der Waals surface area contributed by atoms with Gasteiger partial charge in [0.2, 0.25) is 5.76 Å². The lowest BCUT2D eigenvalue weighted by Crippen LogP contribution is -2.29. The van der Waals surface area contributed by atoms with Crippen molar-refractivity contribution in [3.05, 3.63) is 59.5 Å². The fraction of sp³-hybridized carbons (Fsp3) is 0.353. The third-order valence-corrected chi connectivity index (χ3v) is 3.37. The molecular weight excluding hydrogens is 266 g/mol. The van der Waals surface area contributed by atoms with E-state index in [1.807, 2.05) is 24.3 Å². The molecule has 0 bridgehead atoms. The number of esters is 1. The number of carbonyl (C=O) groups is 1. The van der Waals surface area contributed by atoms with Crippen LogP contribution in [0.15, 0.2) is 46.9 Å². The van der Waals surface area contributed by atoms with E-state index in [0.29, 0.717) is 12.6 Å². The van der Waals surface area contributed by atoms with Crippen molar-refractivity contribution in [1.82, 2.24) is 4.90 Å². The summed E-state index contributed by atoms with van der Waals surface area (Å²) in [6.07, 6.45) is 0. The van der Waals surface area contributed by atoms with Gasteiger partial charge in [-0.3, -0.25) is 4.90 Å². The van der Waals surface area contributed by atoms with E-state index in [4.69, 9.17) is 4.42 Å². The van der Waals surface area contributed by atoms with Crippen LogP contribution in [0.5, 0.6) is 0 Å². The van der Waals surface area contributed by atoms with Crippen LogP contribution in [0.4, 0.5) is 0 Å². The predicted octanol–water partition coefficient (Wildman–Crippen LogP) is 3.48. The fourth-order valence-corrected chi connectivity index (χ4v) is 2.11. The van der Waals surface area contributed by atoms with E-state index in [-0.39, 0.29) is 5.76 Å². The largest absolute Gasteiger partial charge is 0.463 e. The molecule has 0 spiro atoms. The van der Waals surface area contributed by atoms with Crippen molar-refractivity contribution in [2.75, 3.05) is 7.11 Å². The standard InChI is InChI=1S/C17H21NO3/c1-13(2)18(11-14-7-5-4-6-8-14)12-15-9-10-16(21-15)17(19)20-3/h4-10,13H,11-12H2,1-3H3. The summed E-state index contributed by atoms with van der Waals surface area (Å²) in [4.78, 5) is 13.7. The van der Waals surface area contributed by atoms with Gasteiger partial charge in [-0.25, -0.2) is 4.79 Å². The van der Waals surface area contributed by atoms with E-state index in [1.165, 1.54) is 12.7 Å². The zero-order valence-electron chi connectivity index (χ0n) is 12.7. The Morgan fingerprint density at radius 2 is 1.86 bits per heavy atom. The summed E-state index contributed by atoms with van der Waals surface area (Å²) in [5.74, 6) is 0.566. The molecule has 2 aromatic rings. The molecule has 0 fully saturated rings. The van der Waals surface area contributed by atoms with Gasteiger partial charge < -0.3 is 9.15 Å². The van der Waals surface area contributed by atoms with Crippen molar-refractivity contribution in [2.24, 2.45) is 0 Å². The highest BCUT2D eigenvalue weighted by molar-refractivity contribution is 5.86. The van der Waals surface area contributed by atoms with Crippen molar-refractivity contribution in [2.45, 2.75) is 33.0 Å². The first-order valence-corrected chi connectivity index (χ1v) is 7.05. The highest BCUT2D eigenvalue weighted by Gasteiger charge is 2.15. The minimum atomic E-state index is -0.444. The molecule has 0 aliphatic rings. The minimum Gasteiger partial charge on any atom is -0.463 e. The number of methoxy groups -OCH3 is 1. The lowest BCUT2D eigenvalue weighted by atomic mass is 10.2. The Labute approximate surface area is 125 Å². The van der Waals surface area contributed by atoms with Crippen LogP contribution in [0.1, 0.15) is 35.7 Å². The Bertz CT molecular complexity index is 575. The van der Waals surface area contributed by atoms with E-state index in [1.54, 1.807) is 6.07 Å². The second-order valence-corrected chi connectivity index (χ2v) is 5.24. The van der Waals surface area contributed by atoms with Gasteiger partial charge in [0.25, 0.3) is 0 Å². The van der Waals surface area contributed by atoms with Crippen molar-refractivity contribution >= 4 is 5.97 Å². The minimum absolute atomic E-state index is 0.246. The molecule has 0 saturated carbocycles. The van der Waals surface area contributed by atoms with Gasteiger partial charge in [0.05, 0.1) is 13.7 Å². The Morgan fingerprint density at radius 3 is 2.48 bits per heavy atom. The highest BCUT2D eigenvalue weighted by Crippen LogP contribution is 2.16. The van der Waals surface area contributed by atoms with E-state index < -0.39 is 5.97 Å². The maximum atomic E-state index is 11.4. The molecule has 0 saturated heterocycles. The van der Waals surface area contributed by atoms with Gasteiger partial charge in [0.15, 0.2) is 0 Å². The molecule has 4 heteroatoms. The molecule has 1 aromatic heterocycles. The zero-order chi connectivity index (χ0) is 15.2. The maximum Gasteiger partial charge on any atom is 0.373 e. The summed E-state index contributed by atoms with van der Waals surface area (Å²) in [5, 5.41) is 0. The second kappa shape index (κ2) is 7.09. The average Bonchev–Trinajstić information content (AvgIpc) is 2.95. The summed E-state index contributed by atoms with van der Waals surface area (Å²) in [5.41, 5.74) is 1.26. The number of rotatable bonds is 6. The van der Waals surface area contributed by atoms with Gasteiger partial charge in [-0.1, -0.05) is 30.3 Å². The number of nitrogens with zero attached hydrogens (tertiary/aromatic N) is 1. The van der Waals surface area contributed by atoms with E-state index >= 15 is 0 Å². The molecule has 2 rings (SSSR count). The maximum absolute atomic E-state index is 11.4. The number of benzene rings is 1. The van der Waals surface area contributed by atoms with Crippen LogP contribution in [0.2, 0.25) is 0 Å². The van der Waals surface area contributed by atoms with Gasteiger partial charge in [0.1, 0.15) is 5.76 Å². The van der Waals surface area contributed by atoms with Crippen LogP contribution in [0.3, 0.4) is 0 Å². The molecule has 0 radical (unpaired) electrons. The molecule has 1 aromatic carbocycles. The van der Waals surface area contributed by atoms with Crippen molar-refractivity contribution in [1.29, 1.82) is 0 Å². The van der Waals surface area contributed by atoms with Gasteiger partial charge in [-0.2, -0.15) is 0 Å². The summed E-state index contributed by atoms with van der Waals surface area (Å²) < 4.78 is 10.2. The molecule has 0 amide bonds. The summed E-state index contributed by atoms with van der Waals surface area (Å²) in [6.45, 7) is 5.79. The quantitative estimate of drug-likeness (QED) is 0.763. The van der Waals surface area contributed by atoms with Gasteiger partial charge in [-0.05, 0) is 31.5 Å². The van der Waals surface area contributed by atoms with Crippen molar-refractivity contribution in [3.8, 4) is 0 Å². The molecule has 21 heavy (non-hydrogen) atoms. The van der Waals surface area contributed by atoms with Crippen LogP contribution in [-0.4, -0.2) is 24.0 Å². The highest BCUT2D eigenvalue weighted by atomic mass is 16.5. The first-order chi connectivity index (χ1) is 10.1. The van der Waals surface area contributed by atoms with Crippen LogP contribution in [-0.2, 0) is 17.8 Å². The molecule has 4 nitrogen and oxygen atoms in total. The predicted molar refractivity (Wildman–Crippen MR) is 80.9 cm³/mol. The van der Waals surface area contributed by atoms with Crippen LogP contribution >= 0.6 is 0 Å². The summed E-state index contributed by atoms with van der Waals surface area (Å²) in [7, 11) is 1.35. The molecule has 0 aliphatic carbocycles. The molecule has 0 N–H and O–H groups in total. The van der Waals surface area contributed by atoms with Gasteiger partial charge in [-0.15, -0.1) is 0 Å². The van der Waals surface area contributed by atoms with Crippen LogP contribution in [0.25, 0.3) is 0 Å². The van der Waals surface area contributed by atoms with Crippen LogP contribution < -0.4 is 0 Å². The zero-order valence-corrected chi connectivity index (χ0v) is 12.7. The van der Waals surface area contributed by atoms with Crippen LogP contribution in [0, 0.1) is 0 Å². The SMILES string of the molecule is COC(=O)c1ccc(CN(Cc2ccccc2)C(C)C)o1. The number of carbonyl (C=O) groups excluding carboxylic acids is 1. The second-order valence-electron chi connectivity index (χ2n) is 5.24. The lowest BCUT2D eigenvalue weighted by molar-refractivity contribution is 0.0560. The molecule has 0 atom stereocenters. The van der Waals surface area contributed by atoms with E-state index in [9.17, 15) is 4.79 Å². The van der Waals surface area contributed by atoms with E-state index in [0.717, 1.165) is 12.3 Å². The van der Waals surface area contributed by atoms with Crippen molar-refractivity contribution in [3.63, 3.8) is 0 Å². The molecule has 0 aliphatic heterocycles. The fourth-order valence-electron chi connectivity index (χ4n) is 2.11. The van der Waals surface area contributed by atoms with Gasteiger partial charge >= 0.3 is 5.97 Å². The monoisotopic (exact) mass is 287 g/mol. The smallest absolute Gasteiger partial charge is 0.373 e. The Kier molecular flexibility index (Phi) is 5.17. The Balaban J connectivity index is 2.06. The molecular formula is C17H21NO3. The number of ether oxygens (including phenoxy) is 1. The van der Waals surface area contributed by atoms with Gasteiger partial charge in [0, 0.05) is 12.6 Å². The summed E-state index contributed by atoms with van der Waals surface area (Å²) >= 11 is 0. The first-order valence-electron chi connectivity index (χ1n) is 7.05. The summed E-state index contributed by atoms with van der Waals surface area (Å²) in [6, 6.07) is 14.2. The number of hydrogen-bond donors (Lipinski definition) is 0. The van der Waals surface area contributed by atoms with Crippen molar-refractivity contribution < 1.29 is 13.9 Å². The Morgan fingerprint density at radius 1 is 1.14 bits per heavy atom. The normalized spacial score (nSPS) is 11.1. The topological polar surface area (TPSA) is 42.7 Å². The molecule has 0 unspecified atom stereocenters. The lowest BCUT2D eigenvalue weighted by Gasteiger charge is -2.25. The first kappa shape index (κ1) is 15.3. The number of furan rings is 1. The third-order valence-electron chi connectivity index (χ3n) is 3.37.